The summed E-state index contributed by atoms with van der Waals surface area (Å²) in [7, 11) is 1.91. The average Bonchev–Trinajstić information content (AvgIpc) is 2.89. The molecule has 2 rings (SSSR count). The molecule has 0 aromatic heterocycles. The predicted molar refractivity (Wildman–Crippen MR) is 75.5 cm³/mol. The van der Waals surface area contributed by atoms with Gasteiger partial charge in [0.1, 0.15) is 11.6 Å². The number of carbonyl (C=O) groups excluding carboxylic acids is 1. The van der Waals surface area contributed by atoms with E-state index in [0.29, 0.717) is 11.7 Å². The highest BCUT2D eigenvalue weighted by molar-refractivity contribution is 6.30. The van der Waals surface area contributed by atoms with Crippen LogP contribution in [-0.4, -0.2) is 44.1 Å². The van der Waals surface area contributed by atoms with E-state index in [9.17, 15) is 9.18 Å². The molecule has 1 saturated heterocycles. The molecule has 1 aliphatic rings. The van der Waals surface area contributed by atoms with Crippen molar-refractivity contribution in [3.63, 3.8) is 0 Å². The molecule has 1 aromatic rings. The molecule has 1 fully saturated rings. The van der Waals surface area contributed by atoms with Crippen molar-refractivity contribution in [2.75, 3.05) is 33.3 Å². The van der Waals surface area contributed by atoms with Gasteiger partial charge >= 0.3 is 0 Å². The molecule has 0 saturated carbocycles. The summed E-state index contributed by atoms with van der Waals surface area (Å²) in [5.74, 6) is 0.351. The first-order valence-corrected chi connectivity index (χ1v) is 6.98. The minimum Gasteiger partial charge on any atom is -0.484 e. The molecular formula is C14H18ClFN2O2. The van der Waals surface area contributed by atoms with Crippen LogP contribution in [0.1, 0.15) is 6.42 Å². The van der Waals surface area contributed by atoms with E-state index in [4.69, 9.17) is 16.3 Å². The fraction of sp³-hybridized carbons (Fsp3) is 0.500. The van der Waals surface area contributed by atoms with E-state index in [-0.39, 0.29) is 17.5 Å². The fourth-order valence-electron chi connectivity index (χ4n) is 2.32. The van der Waals surface area contributed by atoms with E-state index in [0.717, 1.165) is 26.1 Å². The minimum absolute atomic E-state index is 0.00907. The first kappa shape index (κ1) is 15.1. The maximum atomic E-state index is 13.0. The molecule has 1 N–H and O–H groups in total. The molecule has 1 amide bonds. The first-order chi connectivity index (χ1) is 9.60. The van der Waals surface area contributed by atoms with E-state index in [1.165, 1.54) is 18.2 Å². The van der Waals surface area contributed by atoms with Crippen molar-refractivity contribution >= 4 is 17.5 Å². The lowest BCUT2D eigenvalue weighted by Crippen LogP contribution is -2.34. The Bertz CT molecular complexity index is 484. The monoisotopic (exact) mass is 300 g/mol. The van der Waals surface area contributed by atoms with E-state index >= 15 is 0 Å². The van der Waals surface area contributed by atoms with Crippen molar-refractivity contribution in [2.24, 2.45) is 5.92 Å². The zero-order valence-corrected chi connectivity index (χ0v) is 12.1. The average molecular weight is 301 g/mol. The van der Waals surface area contributed by atoms with Crippen molar-refractivity contribution in [3.8, 4) is 5.75 Å². The summed E-state index contributed by atoms with van der Waals surface area (Å²) in [5.41, 5.74) is 0. The van der Waals surface area contributed by atoms with Crippen molar-refractivity contribution in [1.82, 2.24) is 10.2 Å². The molecule has 0 spiro atoms. The molecule has 1 heterocycles. The largest absolute Gasteiger partial charge is 0.484 e. The molecular weight excluding hydrogens is 283 g/mol. The van der Waals surface area contributed by atoms with Crippen LogP contribution >= 0.6 is 11.6 Å². The van der Waals surface area contributed by atoms with Crippen LogP contribution in [0.2, 0.25) is 5.02 Å². The highest BCUT2D eigenvalue weighted by atomic mass is 35.5. The smallest absolute Gasteiger partial charge is 0.260 e. The van der Waals surface area contributed by atoms with Crippen molar-refractivity contribution < 1.29 is 13.9 Å². The van der Waals surface area contributed by atoms with Crippen LogP contribution in [0.3, 0.4) is 0 Å². The zero-order valence-electron chi connectivity index (χ0n) is 11.4. The number of halogens is 2. The molecule has 0 bridgehead atoms. The van der Waals surface area contributed by atoms with Gasteiger partial charge in [0.05, 0.1) is 5.02 Å². The van der Waals surface area contributed by atoms with E-state index < -0.39 is 5.82 Å². The summed E-state index contributed by atoms with van der Waals surface area (Å²) in [5, 5.41) is 3.11. The zero-order chi connectivity index (χ0) is 14.5. The highest BCUT2D eigenvalue weighted by Crippen LogP contribution is 2.21. The van der Waals surface area contributed by atoms with Crippen LogP contribution in [0.5, 0.6) is 5.75 Å². The molecule has 6 heteroatoms. The highest BCUT2D eigenvalue weighted by Gasteiger charge is 2.25. The van der Waals surface area contributed by atoms with Gasteiger partial charge in [-0.3, -0.25) is 4.79 Å². The van der Waals surface area contributed by atoms with Gasteiger partial charge in [0.2, 0.25) is 0 Å². The van der Waals surface area contributed by atoms with E-state index in [1.807, 2.05) is 7.05 Å². The van der Waals surface area contributed by atoms with Gasteiger partial charge in [-0.15, -0.1) is 0 Å². The number of ether oxygens (including phenoxy) is 1. The third kappa shape index (κ3) is 3.84. The molecule has 0 unspecified atom stereocenters. The summed E-state index contributed by atoms with van der Waals surface area (Å²) in [6, 6.07) is 4.06. The lowest BCUT2D eigenvalue weighted by Gasteiger charge is -2.17. The molecule has 20 heavy (non-hydrogen) atoms. The second-order valence-electron chi connectivity index (χ2n) is 4.92. The number of nitrogens with zero attached hydrogens (tertiary/aromatic N) is 1. The number of rotatable bonds is 5. The Kier molecular flexibility index (Phi) is 5.20. The molecule has 1 aromatic carbocycles. The Morgan fingerprint density at radius 1 is 1.60 bits per heavy atom. The number of hydrogen-bond acceptors (Lipinski definition) is 3. The maximum Gasteiger partial charge on any atom is 0.260 e. The summed E-state index contributed by atoms with van der Waals surface area (Å²) >= 11 is 5.65. The van der Waals surface area contributed by atoms with Gasteiger partial charge in [-0.1, -0.05) is 11.6 Å². The van der Waals surface area contributed by atoms with Gasteiger partial charge in [0, 0.05) is 19.2 Å². The second kappa shape index (κ2) is 6.90. The van der Waals surface area contributed by atoms with Gasteiger partial charge in [0.15, 0.2) is 6.61 Å². The fourth-order valence-corrected chi connectivity index (χ4v) is 2.49. The van der Waals surface area contributed by atoms with Crippen LogP contribution < -0.4 is 10.1 Å². The maximum absolute atomic E-state index is 13.0. The number of benzene rings is 1. The SMILES string of the molecule is CNC[C@H]1CCN(C(=O)COc2ccc(F)c(Cl)c2)C1. The van der Waals surface area contributed by atoms with Crippen molar-refractivity contribution in [2.45, 2.75) is 6.42 Å². The summed E-state index contributed by atoms with van der Waals surface area (Å²) in [6.07, 6.45) is 1.01. The Labute approximate surface area is 122 Å². The summed E-state index contributed by atoms with van der Waals surface area (Å²) < 4.78 is 18.3. The van der Waals surface area contributed by atoms with Crippen LogP contribution in [0, 0.1) is 11.7 Å². The van der Waals surface area contributed by atoms with Crippen LogP contribution in [-0.2, 0) is 4.79 Å². The van der Waals surface area contributed by atoms with Crippen molar-refractivity contribution in [3.05, 3.63) is 29.0 Å². The molecule has 4 nitrogen and oxygen atoms in total. The number of carbonyl (C=O) groups is 1. The lowest BCUT2D eigenvalue weighted by molar-refractivity contribution is -0.132. The summed E-state index contributed by atoms with van der Waals surface area (Å²) in [6.45, 7) is 2.39. The number of likely N-dealkylation sites (tertiary alicyclic amines) is 1. The van der Waals surface area contributed by atoms with Gasteiger partial charge in [0.25, 0.3) is 5.91 Å². The predicted octanol–water partition coefficient (Wildman–Crippen LogP) is 1.93. The third-order valence-corrected chi connectivity index (χ3v) is 3.67. The standard InChI is InChI=1S/C14H18ClFN2O2/c1-17-7-10-4-5-18(8-10)14(19)9-20-11-2-3-13(16)12(15)6-11/h2-3,6,10,17H,4-5,7-9H2,1H3/t10-/m1/s1. The van der Waals surface area contributed by atoms with Crippen LogP contribution in [0.25, 0.3) is 0 Å². The number of hydrogen-bond donors (Lipinski definition) is 1. The van der Waals surface area contributed by atoms with Crippen molar-refractivity contribution in [1.29, 1.82) is 0 Å². The topological polar surface area (TPSA) is 41.6 Å². The number of amides is 1. The first-order valence-electron chi connectivity index (χ1n) is 6.60. The quantitative estimate of drug-likeness (QED) is 0.903. The second-order valence-corrected chi connectivity index (χ2v) is 5.32. The Hall–Kier alpha value is -1.33. The molecule has 110 valence electrons. The third-order valence-electron chi connectivity index (χ3n) is 3.38. The van der Waals surface area contributed by atoms with Gasteiger partial charge in [-0.05, 0) is 38.1 Å². The Morgan fingerprint density at radius 2 is 2.40 bits per heavy atom. The Morgan fingerprint density at radius 3 is 3.10 bits per heavy atom. The minimum atomic E-state index is -0.500. The lowest BCUT2D eigenvalue weighted by atomic mass is 10.1. The van der Waals surface area contributed by atoms with Gasteiger partial charge in [-0.25, -0.2) is 4.39 Å². The molecule has 0 radical (unpaired) electrons. The van der Waals surface area contributed by atoms with E-state index in [2.05, 4.69) is 5.32 Å². The van der Waals surface area contributed by atoms with Gasteiger partial charge < -0.3 is 15.0 Å². The number of nitrogens with one attached hydrogen (secondary N) is 1. The van der Waals surface area contributed by atoms with E-state index in [1.54, 1.807) is 4.90 Å². The molecule has 1 aliphatic heterocycles. The normalized spacial score (nSPS) is 18.4. The van der Waals surface area contributed by atoms with Crippen LogP contribution in [0.15, 0.2) is 18.2 Å². The summed E-state index contributed by atoms with van der Waals surface area (Å²) in [4.78, 5) is 13.8. The van der Waals surface area contributed by atoms with Gasteiger partial charge in [-0.2, -0.15) is 0 Å². The molecule has 0 aliphatic carbocycles. The Balaban J connectivity index is 1.82. The molecule has 1 atom stereocenters. The van der Waals surface area contributed by atoms with Crippen LogP contribution in [0.4, 0.5) is 4.39 Å².